The van der Waals surface area contributed by atoms with Gasteiger partial charge in [0.1, 0.15) is 0 Å². The van der Waals surface area contributed by atoms with E-state index in [1.807, 2.05) is 66.7 Å². The number of oxazole rings is 1. The van der Waals surface area contributed by atoms with Gasteiger partial charge >= 0.3 is 11.8 Å². The van der Waals surface area contributed by atoms with Crippen LogP contribution in [0.2, 0.25) is 10.0 Å². The summed E-state index contributed by atoms with van der Waals surface area (Å²) in [6.45, 7) is 0.479. The number of halogens is 2. The molecule has 1 amide bonds. The molecule has 1 unspecified atom stereocenters. The van der Waals surface area contributed by atoms with Crippen LogP contribution in [-0.2, 0) is 12.8 Å². The Morgan fingerprint density at radius 1 is 1.05 bits per heavy atom. The molecule has 6 rings (SSSR count). The third-order valence-electron chi connectivity index (χ3n) is 8.16. The summed E-state index contributed by atoms with van der Waals surface area (Å²) in [6.07, 6.45) is 1.89. The molecule has 4 aromatic rings. The van der Waals surface area contributed by atoms with E-state index in [-0.39, 0.29) is 23.4 Å². The molecule has 2 aliphatic rings. The Morgan fingerprint density at radius 2 is 1.76 bits per heavy atom. The molecule has 2 fully saturated rings. The second kappa shape index (κ2) is 9.71. The topological polar surface area (TPSA) is 98.6 Å². The highest BCUT2D eigenvalue weighted by molar-refractivity contribution is 6.31. The summed E-state index contributed by atoms with van der Waals surface area (Å²) in [7, 11) is 0. The van der Waals surface area contributed by atoms with Gasteiger partial charge in [-0.25, -0.2) is 9.59 Å². The van der Waals surface area contributed by atoms with Gasteiger partial charge in [0.15, 0.2) is 5.58 Å². The summed E-state index contributed by atoms with van der Waals surface area (Å²) < 4.78 is 5.30. The van der Waals surface area contributed by atoms with Crippen molar-refractivity contribution in [2.24, 2.45) is 11.8 Å². The second-order valence-electron chi connectivity index (χ2n) is 10.5. The number of carbonyl (C=O) groups is 1. The smallest absolute Gasteiger partial charge is 0.417 e. The zero-order valence-corrected chi connectivity index (χ0v) is 22.0. The minimum absolute atomic E-state index is 0.145. The van der Waals surface area contributed by atoms with E-state index >= 15 is 0 Å². The molecule has 1 aliphatic heterocycles. The van der Waals surface area contributed by atoms with Crippen LogP contribution in [0.4, 0.5) is 10.5 Å². The van der Waals surface area contributed by atoms with Crippen LogP contribution >= 0.6 is 23.2 Å². The highest BCUT2D eigenvalue weighted by Crippen LogP contribution is 2.51. The van der Waals surface area contributed by atoms with Crippen LogP contribution in [0.3, 0.4) is 0 Å². The summed E-state index contributed by atoms with van der Waals surface area (Å²) in [5.74, 6) is -0.164. The Kier molecular flexibility index (Phi) is 6.36. The first-order chi connectivity index (χ1) is 18.3. The summed E-state index contributed by atoms with van der Waals surface area (Å²) in [6, 6.07) is 20.9. The van der Waals surface area contributed by atoms with Crippen molar-refractivity contribution >= 4 is 46.1 Å². The van der Waals surface area contributed by atoms with Gasteiger partial charge in [0.2, 0.25) is 0 Å². The average molecular weight is 552 g/mol. The Labute approximate surface area is 229 Å². The minimum atomic E-state index is -0.894. The van der Waals surface area contributed by atoms with Crippen molar-refractivity contribution in [3.05, 3.63) is 98.5 Å². The molecule has 1 aliphatic carbocycles. The number of rotatable bonds is 6. The van der Waals surface area contributed by atoms with Crippen LogP contribution in [-0.4, -0.2) is 39.2 Å². The molecular formula is C29H27Cl2N3O4. The number of benzene rings is 3. The molecule has 4 atom stereocenters. The zero-order valence-electron chi connectivity index (χ0n) is 20.5. The lowest BCUT2D eigenvalue weighted by atomic mass is 9.85. The Bertz CT molecular complexity index is 1570. The number of fused-ring (bicyclic) bond motifs is 2. The van der Waals surface area contributed by atoms with Crippen LogP contribution in [0.15, 0.2) is 75.9 Å². The van der Waals surface area contributed by atoms with E-state index in [1.165, 1.54) is 0 Å². The van der Waals surface area contributed by atoms with Crippen LogP contribution < -0.4 is 11.1 Å². The predicted octanol–water partition coefficient (Wildman–Crippen LogP) is 6.45. The minimum Gasteiger partial charge on any atom is -0.465 e. The number of amides is 1. The number of likely N-dealkylation sites (tertiary alicyclic amines) is 1. The van der Waals surface area contributed by atoms with E-state index in [9.17, 15) is 14.7 Å². The van der Waals surface area contributed by atoms with Crippen molar-refractivity contribution in [3.8, 4) is 0 Å². The molecule has 2 heterocycles. The Balaban J connectivity index is 1.35. The van der Waals surface area contributed by atoms with Crippen molar-refractivity contribution in [1.82, 2.24) is 9.88 Å². The predicted molar refractivity (Wildman–Crippen MR) is 148 cm³/mol. The quantitative estimate of drug-likeness (QED) is 0.255. The molecular weight excluding hydrogens is 525 g/mol. The molecule has 1 saturated heterocycles. The first-order valence-electron chi connectivity index (χ1n) is 12.7. The maximum Gasteiger partial charge on any atom is 0.417 e. The molecule has 0 radical (unpaired) electrons. The summed E-state index contributed by atoms with van der Waals surface area (Å²) in [4.78, 5) is 28.2. The lowest BCUT2D eigenvalue weighted by molar-refractivity contribution is 0.130. The van der Waals surface area contributed by atoms with Gasteiger partial charge in [-0.1, -0.05) is 59.6 Å². The third kappa shape index (κ3) is 4.65. The van der Waals surface area contributed by atoms with E-state index in [0.717, 1.165) is 29.7 Å². The Hall–Kier alpha value is -3.42. The molecule has 1 aromatic heterocycles. The number of carboxylic acid groups (broad SMARTS) is 1. The summed E-state index contributed by atoms with van der Waals surface area (Å²) in [5, 5.41) is 15.2. The summed E-state index contributed by atoms with van der Waals surface area (Å²) >= 11 is 13.1. The van der Waals surface area contributed by atoms with E-state index in [0.29, 0.717) is 40.5 Å². The number of aromatic amines is 1. The lowest BCUT2D eigenvalue weighted by Crippen LogP contribution is -2.44. The van der Waals surface area contributed by atoms with Gasteiger partial charge in [-0.2, -0.15) is 0 Å². The maximum absolute atomic E-state index is 12.3. The highest BCUT2D eigenvalue weighted by Gasteiger charge is 2.54. The largest absolute Gasteiger partial charge is 0.465 e. The standard InChI is InChI=1S/C29H27Cl2N3O4/c30-22-7-3-1-5-17(22)11-25-21-15-29(13-18-6-2-4-8-23(18)31,14-19(21)16-34(25)28(36)37)33-20-9-10-24-26(12-20)38-27(35)32-24/h1-10,12,19,21,25,33H,11,13-16H2,(H,32,35)(H,36,37)/t19-,21-,25?,29-/m1/s1. The van der Waals surface area contributed by atoms with E-state index < -0.39 is 11.8 Å². The van der Waals surface area contributed by atoms with Gasteiger partial charge in [0.25, 0.3) is 0 Å². The monoisotopic (exact) mass is 551 g/mol. The molecule has 9 heteroatoms. The van der Waals surface area contributed by atoms with Crippen molar-refractivity contribution in [1.29, 1.82) is 0 Å². The van der Waals surface area contributed by atoms with E-state index in [1.54, 1.807) is 4.90 Å². The number of hydrogen-bond donors (Lipinski definition) is 3. The number of nitrogens with zero attached hydrogens (tertiary/aromatic N) is 1. The molecule has 0 spiro atoms. The van der Waals surface area contributed by atoms with Gasteiger partial charge in [0.05, 0.1) is 5.52 Å². The fourth-order valence-corrected chi connectivity index (χ4v) is 7.04. The molecule has 38 heavy (non-hydrogen) atoms. The van der Waals surface area contributed by atoms with Gasteiger partial charge < -0.3 is 19.7 Å². The first kappa shape index (κ1) is 24.9. The molecule has 1 saturated carbocycles. The lowest BCUT2D eigenvalue weighted by Gasteiger charge is -2.36. The summed E-state index contributed by atoms with van der Waals surface area (Å²) in [5.41, 5.74) is 3.59. The van der Waals surface area contributed by atoms with Crippen molar-refractivity contribution in [2.75, 3.05) is 11.9 Å². The first-order valence-corrected chi connectivity index (χ1v) is 13.4. The SMILES string of the molecule is O=C(O)N1C[C@H]2C[C@@](Cc3ccccc3Cl)(Nc3ccc4[nH]c(=O)oc4c3)C[C@H]2C1Cc1ccccc1Cl. The fraction of sp³-hybridized carbons (Fsp3) is 0.310. The number of nitrogens with one attached hydrogen (secondary N) is 2. The van der Waals surface area contributed by atoms with Crippen LogP contribution in [0, 0.1) is 11.8 Å². The van der Waals surface area contributed by atoms with Gasteiger partial charge in [-0.15, -0.1) is 0 Å². The second-order valence-corrected chi connectivity index (χ2v) is 11.3. The van der Waals surface area contributed by atoms with Gasteiger partial charge in [-0.3, -0.25) is 4.98 Å². The van der Waals surface area contributed by atoms with Crippen molar-refractivity contribution < 1.29 is 14.3 Å². The molecule has 3 aromatic carbocycles. The van der Waals surface area contributed by atoms with Crippen LogP contribution in [0.5, 0.6) is 0 Å². The fourth-order valence-electron chi connectivity index (χ4n) is 6.62. The highest BCUT2D eigenvalue weighted by atomic mass is 35.5. The van der Waals surface area contributed by atoms with E-state index in [2.05, 4.69) is 10.3 Å². The number of anilines is 1. The normalized spacial score (nSPS) is 24.6. The number of H-pyrrole nitrogens is 1. The van der Waals surface area contributed by atoms with Gasteiger partial charge in [0, 0.05) is 39.9 Å². The molecule has 0 bridgehead atoms. The molecule has 3 N–H and O–H groups in total. The van der Waals surface area contributed by atoms with Gasteiger partial charge in [-0.05, 0) is 72.9 Å². The average Bonchev–Trinajstić information content (AvgIpc) is 3.52. The number of hydrogen-bond acceptors (Lipinski definition) is 4. The van der Waals surface area contributed by atoms with Crippen LogP contribution in [0.25, 0.3) is 11.1 Å². The van der Waals surface area contributed by atoms with E-state index in [4.69, 9.17) is 27.6 Å². The molecule has 196 valence electrons. The molecule has 7 nitrogen and oxygen atoms in total. The van der Waals surface area contributed by atoms with Crippen molar-refractivity contribution in [3.63, 3.8) is 0 Å². The van der Waals surface area contributed by atoms with Crippen LogP contribution in [0.1, 0.15) is 24.0 Å². The Morgan fingerprint density at radius 3 is 2.47 bits per heavy atom. The maximum atomic E-state index is 12.3. The number of aromatic nitrogens is 1. The third-order valence-corrected chi connectivity index (χ3v) is 8.90. The zero-order chi connectivity index (χ0) is 26.4. The van der Waals surface area contributed by atoms with Crippen molar-refractivity contribution in [2.45, 2.75) is 37.3 Å².